The van der Waals surface area contributed by atoms with Crippen molar-refractivity contribution < 1.29 is 14.4 Å². The normalized spacial score (nSPS) is 19.2. The van der Waals surface area contributed by atoms with Crippen LogP contribution in [0.25, 0.3) is 0 Å². The average molecular weight is 249 g/mol. The lowest BCUT2D eigenvalue weighted by Gasteiger charge is -2.04. The molecular formula is C12H11NO3S. The molecule has 1 unspecified atom stereocenters. The molecule has 0 saturated carbocycles. The van der Waals surface area contributed by atoms with Crippen molar-refractivity contribution in [1.29, 1.82) is 0 Å². The Morgan fingerprint density at radius 1 is 1.29 bits per heavy atom. The number of ketones is 1. The van der Waals surface area contributed by atoms with Gasteiger partial charge in [0, 0.05) is 12.0 Å². The summed E-state index contributed by atoms with van der Waals surface area (Å²) >= 11 is 0.879. The number of carbonyl (C=O) groups excluding carboxylic acids is 3. The third-order valence-electron chi connectivity index (χ3n) is 2.51. The number of aryl methyl sites for hydroxylation is 1. The van der Waals surface area contributed by atoms with Gasteiger partial charge in [0.15, 0.2) is 5.78 Å². The van der Waals surface area contributed by atoms with Crippen LogP contribution in [-0.2, 0) is 4.79 Å². The summed E-state index contributed by atoms with van der Waals surface area (Å²) in [6, 6.07) is 7.16. The van der Waals surface area contributed by atoms with Gasteiger partial charge in [-0.1, -0.05) is 41.6 Å². The molecule has 88 valence electrons. The number of nitrogens with one attached hydrogen (secondary N) is 1. The molecule has 2 rings (SSSR count). The first kappa shape index (κ1) is 11.9. The van der Waals surface area contributed by atoms with Gasteiger partial charge in [-0.3, -0.25) is 19.7 Å². The van der Waals surface area contributed by atoms with Crippen molar-refractivity contribution in [3.05, 3.63) is 35.4 Å². The molecule has 0 spiro atoms. The van der Waals surface area contributed by atoms with Crippen molar-refractivity contribution >= 4 is 28.7 Å². The van der Waals surface area contributed by atoms with Gasteiger partial charge >= 0.3 is 0 Å². The van der Waals surface area contributed by atoms with Crippen molar-refractivity contribution in [2.24, 2.45) is 0 Å². The highest BCUT2D eigenvalue weighted by Gasteiger charge is 2.33. The Labute approximate surface area is 103 Å². The summed E-state index contributed by atoms with van der Waals surface area (Å²) in [5.74, 6) is -0.493. The molecule has 0 bridgehead atoms. The van der Waals surface area contributed by atoms with Gasteiger partial charge in [-0.05, 0) is 6.92 Å². The van der Waals surface area contributed by atoms with E-state index in [2.05, 4.69) is 5.32 Å². The van der Waals surface area contributed by atoms with Crippen LogP contribution in [0.4, 0.5) is 4.79 Å². The lowest BCUT2D eigenvalue weighted by molar-refractivity contribution is -0.118. The van der Waals surface area contributed by atoms with Gasteiger partial charge < -0.3 is 0 Å². The fourth-order valence-electron chi connectivity index (χ4n) is 1.55. The molecular weight excluding hydrogens is 238 g/mol. The summed E-state index contributed by atoms with van der Waals surface area (Å²) in [6.07, 6.45) is 0.0608. The molecule has 1 aliphatic rings. The number of hydrogen-bond acceptors (Lipinski definition) is 4. The number of benzene rings is 1. The average Bonchev–Trinajstić information content (AvgIpc) is 2.58. The fraction of sp³-hybridized carbons (Fsp3) is 0.250. The van der Waals surface area contributed by atoms with Crippen molar-refractivity contribution in [2.45, 2.75) is 18.6 Å². The number of thioether (sulfide) groups is 1. The maximum atomic E-state index is 11.9. The summed E-state index contributed by atoms with van der Waals surface area (Å²) in [5.41, 5.74) is 1.65. The van der Waals surface area contributed by atoms with Crippen LogP contribution < -0.4 is 5.32 Å². The van der Waals surface area contributed by atoms with E-state index in [4.69, 9.17) is 0 Å². The first-order chi connectivity index (χ1) is 8.06. The molecule has 1 aliphatic heterocycles. The first-order valence-corrected chi connectivity index (χ1v) is 6.05. The van der Waals surface area contributed by atoms with E-state index in [1.807, 2.05) is 19.1 Å². The molecule has 2 amide bonds. The lowest BCUT2D eigenvalue weighted by Crippen LogP contribution is -2.25. The molecule has 0 radical (unpaired) electrons. The van der Waals surface area contributed by atoms with Crippen LogP contribution in [0.1, 0.15) is 22.3 Å². The Kier molecular flexibility index (Phi) is 3.28. The fourth-order valence-corrected chi connectivity index (χ4v) is 2.37. The molecule has 1 aromatic carbocycles. The minimum atomic E-state index is -0.587. The predicted octanol–water partition coefficient (Wildman–Crippen LogP) is 1.92. The maximum absolute atomic E-state index is 11.9. The Morgan fingerprint density at radius 3 is 2.47 bits per heavy atom. The summed E-state index contributed by atoms with van der Waals surface area (Å²) in [7, 11) is 0. The molecule has 1 saturated heterocycles. The molecule has 1 N–H and O–H groups in total. The largest absolute Gasteiger partial charge is 0.294 e. The SMILES string of the molecule is Cc1ccc(C(=O)CC2SC(=O)NC2=O)cc1. The maximum Gasteiger partial charge on any atom is 0.286 e. The third-order valence-corrected chi connectivity index (χ3v) is 3.49. The van der Waals surface area contributed by atoms with E-state index in [1.165, 1.54) is 0 Å². The van der Waals surface area contributed by atoms with Crippen molar-refractivity contribution in [3.8, 4) is 0 Å². The highest BCUT2D eigenvalue weighted by molar-refractivity contribution is 8.15. The molecule has 1 heterocycles. The lowest BCUT2D eigenvalue weighted by atomic mass is 10.0. The molecule has 1 aromatic rings. The number of Topliss-reactive ketones (excluding diaryl/α,β-unsaturated/α-hetero) is 1. The van der Waals surface area contributed by atoms with Crippen LogP contribution in [0.5, 0.6) is 0 Å². The number of amides is 2. The Morgan fingerprint density at radius 2 is 1.94 bits per heavy atom. The van der Waals surface area contributed by atoms with E-state index in [-0.39, 0.29) is 23.4 Å². The zero-order valence-corrected chi connectivity index (χ0v) is 10.0. The molecule has 1 fully saturated rings. The van der Waals surface area contributed by atoms with Crippen LogP contribution in [0.2, 0.25) is 0 Å². The van der Waals surface area contributed by atoms with E-state index < -0.39 is 5.25 Å². The Balaban J connectivity index is 2.04. The number of imide groups is 1. The topological polar surface area (TPSA) is 63.2 Å². The minimum Gasteiger partial charge on any atom is -0.294 e. The molecule has 5 heteroatoms. The zero-order valence-electron chi connectivity index (χ0n) is 9.23. The van der Waals surface area contributed by atoms with E-state index in [9.17, 15) is 14.4 Å². The van der Waals surface area contributed by atoms with Gasteiger partial charge in [0.25, 0.3) is 5.24 Å². The third kappa shape index (κ3) is 2.74. The second-order valence-corrected chi connectivity index (χ2v) is 5.05. The van der Waals surface area contributed by atoms with Crippen LogP contribution in [0, 0.1) is 6.92 Å². The molecule has 0 aromatic heterocycles. The minimum absolute atomic E-state index is 0.0608. The van der Waals surface area contributed by atoms with Gasteiger partial charge in [0.05, 0.1) is 0 Å². The van der Waals surface area contributed by atoms with Crippen LogP contribution in [0.3, 0.4) is 0 Å². The van der Waals surface area contributed by atoms with Crippen molar-refractivity contribution in [1.82, 2.24) is 5.32 Å². The van der Waals surface area contributed by atoms with Gasteiger partial charge in [-0.25, -0.2) is 0 Å². The van der Waals surface area contributed by atoms with Gasteiger partial charge in [-0.2, -0.15) is 0 Å². The van der Waals surface area contributed by atoms with Crippen LogP contribution >= 0.6 is 11.8 Å². The second kappa shape index (κ2) is 4.71. The van der Waals surface area contributed by atoms with Gasteiger partial charge in [0.1, 0.15) is 5.25 Å². The Hall–Kier alpha value is -1.62. The summed E-state index contributed by atoms with van der Waals surface area (Å²) in [6.45, 7) is 1.94. The number of carbonyl (C=O) groups is 3. The summed E-state index contributed by atoms with van der Waals surface area (Å²) in [5, 5.41) is 1.20. The van der Waals surface area contributed by atoms with E-state index in [0.717, 1.165) is 17.3 Å². The van der Waals surface area contributed by atoms with E-state index in [1.54, 1.807) is 12.1 Å². The van der Waals surface area contributed by atoms with Crippen LogP contribution in [0.15, 0.2) is 24.3 Å². The van der Waals surface area contributed by atoms with Crippen molar-refractivity contribution in [3.63, 3.8) is 0 Å². The monoisotopic (exact) mass is 249 g/mol. The first-order valence-electron chi connectivity index (χ1n) is 5.17. The number of hydrogen-bond donors (Lipinski definition) is 1. The second-order valence-electron chi connectivity index (χ2n) is 3.88. The molecule has 4 nitrogen and oxygen atoms in total. The zero-order chi connectivity index (χ0) is 12.4. The van der Waals surface area contributed by atoms with E-state index >= 15 is 0 Å². The highest BCUT2D eigenvalue weighted by Crippen LogP contribution is 2.23. The molecule has 0 aliphatic carbocycles. The predicted molar refractivity (Wildman–Crippen MR) is 65.0 cm³/mol. The highest BCUT2D eigenvalue weighted by atomic mass is 32.2. The smallest absolute Gasteiger partial charge is 0.286 e. The van der Waals surface area contributed by atoms with E-state index in [0.29, 0.717) is 5.56 Å². The van der Waals surface area contributed by atoms with Crippen LogP contribution in [-0.4, -0.2) is 22.2 Å². The molecule has 1 atom stereocenters. The van der Waals surface area contributed by atoms with Gasteiger partial charge in [0.2, 0.25) is 5.91 Å². The van der Waals surface area contributed by atoms with Crippen molar-refractivity contribution in [2.75, 3.05) is 0 Å². The quantitative estimate of drug-likeness (QED) is 0.831. The Bertz CT molecular complexity index is 481. The summed E-state index contributed by atoms with van der Waals surface area (Å²) < 4.78 is 0. The molecule has 17 heavy (non-hydrogen) atoms. The number of rotatable bonds is 3. The van der Waals surface area contributed by atoms with Gasteiger partial charge in [-0.15, -0.1) is 0 Å². The standard InChI is InChI=1S/C12H11NO3S/c1-7-2-4-8(5-3-7)9(14)6-10-11(15)13-12(16)17-10/h2-5,10H,6H2,1H3,(H,13,15,16). The summed E-state index contributed by atoms with van der Waals surface area (Å²) in [4.78, 5) is 34.1.